The second-order valence-corrected chi connectivity index (χ2v) is 5.55. The normalized spacial score (nSPS) is 12.5. The number of nitrogens with one attached hydrogen (secondary N) is 1. The highest BCUT2D eigenvalue weighted by Gasteiger charge is 2.12. The fourth-order valence-electron chi connectivity index (χ4n) is 1.81. The predicted molar refractivity (Wildman–Crippen MR) is 83.1 cm³/mol. The highest BCUT2D eigenvalue weighted by molar-refractivity contribution is 6.30. The minimum atomic E-state index is 0.443. The van der Waals surface area contributed by atoms with Crippen LogP contribution in [0.2, 0.25) is 5.02 Å². The molecule has 0 aliphatic rings. The van der Waals surface area contributed by atoms with Crippen molar-refractivity contribution >= 4 is 17.3 Å². The van der Waals surface area contributed by atoms with E-state index in [4.69, 9.17) is 22.1 Å². The summed E-state index contributed by atoms with van der Waals surface area (Å²) in [4.78, 5) is 0. The molecule has 0 saturated carbocycles. The molecule has 1 atom stereocenters. The van der Waals surface area contributed by atoms with Crippen LogP contribution in [0, 0.1) is 11.8 Å². The summed E-state index contributed by atoms with van der Waals surface area (Å²) in [6, 6.07) is 5.66. The molecule has 0 spiro atoms. The Balaban J connectivity index is 2.71. The fraction of sp³-hybridized carbons (Fsp3) is 0.600. The van der Waals surface area contributed by atoms with Crippen LogP contribution in [0.5, 0.6) is 5.75 Å². The van der Waals surface area contributed by atoms with E-state index in [-0.39, 0.29) is 0 Å². The van der Waals surface area contributed by atoms with Gasteiger partial charge in [-0.1, -0.05) is 32.4 Å². The van der Waals surface area contributed by atoms with Gasteiger partial charge in [-0.2, -0.15) is 0 Å². The predicted octanol–water partition coefficient (Wildman–Crippen LogP) is 3.77. The summed E-state index contributed by atoms with van der Waals surface area (Å²) < 4.78 is 5.72. The third-order valence-corrected chi connectivity index (χ3v) is 3.44. The maximum atomic E-state index is 6.04. The summed E-state index contributed by atoms with van der Waals surface area (Å²) in [5.41, 5.74) is 6.73. The van der Waals surface area contributed by atoms with Gasteiger partial charge in [0.2, 0.25) is 0 Å². The molecule has 0 aromatic heterocycles. The highest BCUT2D eigenvalue weighted by atomic mass is 35.5. The molecule has 3 nitrogen and oxygen atoms in total. The van der Waals surface area contributed by atoms with E-state index in [1.807, 2.05) is 18.2 Å². The molecule has 0 aliphatic carbocycles. The van der Waals surface area contributed by atoms with Crippen molar-refractivity contribution in [2.75, 3.05) is 25.0 Å². The van der Waals surface area contributed by atoms with Crippen LogP contribution < -0.4 is 15.8 Å². The average molecular weight is 285 g/mol. The Hall–Kier alpha value is -0.930. The van der Waals surface area contributed by atoms with Gasteiger partial charge in [-0.15, -0.1) is 0 Å². The van der Waals surface area contributed by atoms with E-state index in [1.54, 1.807) is 0 Å². The van der Waals surface area contributed by atoms with E-state index in [0.717, 1.165) is 24.4 Å². The van der Waals surface area contributed by atoms with Crippen LogP contribution in [-0.2, 0) is 0 Å². The molecule has 0 aliphatic heterocycles. The van der Waals surface area contributed by atoms with Gasteiger partial charge in [0.25, 0.3) is 0 Å². The minimum absolute atomic E-state index is 0.443. The molecule has 0 heterocycles. The largest absolute Gasteiger partial charge is 0.491 e. The van der Waals surface area contributed by atoms with Crippen molar-refractivity contribution in [1.29, 1.82) is 0 Å². The van der Waals surface area contributed by atoms with Crippen molar-refractivity contribution in [3.8, 4) is 5.75 Å². The Morgan fingerprint density at radius 3 is 2.68 bits per heavy atom. The fourth-order valence-corrected chi connectivity index (χ4v) is 1.98. The van der Waals surface area contributed by atoms with Crippen LogP contribution in [0.15, 0.2) is 18.2 Å². The van der Waals surface area contributed by atoms with Crippen molar-refractivity contribution in [3.05, 3.63) is 23.2 Å². The Labute approximate surface area is 121 Å². The van der Waals surface area contributed by atoms with Gasteiger partial charge in [0.1, 0.15) is 5.75 Å². The van der Waals surface area contributed by atoms with Gasteiger partial charge < -0.3 is 15.8 Å². The van der Waals surface area contributed by atoms with E-state index in [2.05, 4.69) is 26.1 Å². The van der Waals surface area contributed by atoms with Gasteiger partial charge in [-0.05, 0) is 43.0 Å². The van der Waals surface area contributed by atoms with Gasteiger partial charge in [0.15, 0.2) is 0 Å². The number of hydrogen-bond donors (Lipinski definition) is 2. The molecule has 19 heavy (non-hydrogen) atoms. The SMILES string of the molecule is CCCOc1ccc(Cl)cc1NCC(CN)C(C)C. The lowest BCUT2D eigenvalue weighted by atomic mass is 9.96. The quantitative estimate of drug-likeness (QED) is 0.764. The van der Waals surface area contributed by atoms with Gasteiger partial charge in [0, 0.05) is 11.6 Å². The first-order valence-electron chi connectivity index (χ1n) is 6.94. The van der Waals surface area contributed by atoms with Crippen molar-refractivity contribution in [2.45, 2.75) is 27.2 Å². The number of ether oxygens (including phenoxy) is 1. The van der Waals surface area contributed by atoms with Gasteiger partial charge in [0.05, 0.1) is 12.3 Å². The third kappa shape index (κ3) is 5.29. The first-order valence-corrected chi connectivity index (χ1v) is 7.32. The van der Waals surface area contributed by atoms with Gasteiger partial charge in [-0.3, -0.25) is 0 Å². The zero-order valence-corrected chi connectivity index (χ0v) is 12.8. The third-order valence-electron chi connectivity index (χ3n) is 3.20. The zero-order chi connectivity index (χ0) is 14.3. The lowest BCUT2D eigenvalue weighted by Gasteiger charge is -2.21. The molecule has 1 aromatic carbocycles. The topological polar surface area (TPSA) is 47.3 Å². The van der Waals surface area contributed by atoms with Gasteiger partial charge in [-0.25, -0.2) is 0 Å². The summed E-state index contributed by atoms with van der Waals surface area (Å²) in [6.45, 7) is 8.68. The summed E-state index contributed by atoms with van der Waals surface area (Å²) in [5, 5.41) is 4.11. The van der Waals surface area contributed by atoms with E-state index in [0.29, 0.717) is 30.0 Å². The van der Waals surface area contributed by atoms with Crippen molar-refractivity contribution < 1.29 is 4.74 Å². The number of benzene rings is 1. The highest BCUT2D eigenvalue weighted by Crippen LogP contribution is 2.28. The molecule has 0 amide bonds. The molecule has 0 fully saturated rings. The molecule has 1 unspecified atom stereocenters. The summed E-state index contributed by atoms with van der Waals surface area (Å²) in [7, 11) is 0. The number of anilines is 1. The second-order valence-electron chi connectivity index (χ2n) is 5.11. The molecule has 108 valence electrons. The van der Waals surface area contributed by atoms with Crippen LogP contribution in [0.25, 0.3) is 0 Å². The van der Waals surface area contributed by atoms with E-state index >= 15 is 0 Å². The van der Waals surface area contributed by atoms with Crippen LogP contribution in [-0.4, -0.2) is 19.7 Å². The van der Waals surface area contributed by atoms with E-state index in [9.17, 15) is 0 Å². The molecular formula is C15H25ClN2O. The zero-order valence-electron chi connectivity index (χ0n) is 12.1. The van der Waals surface area contributed by atoms with Crippen molar-refractivity contribution in [1.82, 2.24) is 0 Å². The lowest BCUT2D eigenvalue weighted by molar-refractivity contribution is 0.318. The summed E-state index contributed by atoms with van der Waals surface area (Å²) in [6.07, 6.45) is 0.986. The van der Waals surface area contributed by atoms with Gasteiger partial charge >= 0.3 is 0 Å². The molecule has 0 bridgehead atoms. The van der Waals surface area contributed by atoms with E-state index in [1.165, 1.54) is 0 Å². The maximum absolute atomic E-state index is 6.04. The molecule has 0 radical (unpaired) electrons. The smallest absolute Gasteiger partial charge is 0.142 e. The number of halogens is 1. The standard InChI is InChI=1S/C15H25ClN2O/c1-4-7-19-15-6-5-13(16)8-14(15)18-10-12(9-17)11(2)3/h5-6,8,11-12,18H,4,7,9-10,17H2,1-3H3. The molecular weight excluding hydrogens is 260 g/mol. The summed E-state index contributed by atoms with van der Waals surface area (Å²) >= 11 is 6.04. The van der Waals surface area contributed by atoms with Crippen molar-refractivity contribution in [3.63, 3.8) is 0 Å². The number of hydrogen-bond acceptors (Lipinski definition) is 3. The minimum Gasteiger partial charge on any atom is -0.491 e. The summed E-state index contributed by atoms with van der Waals surface area (Å²) in [5.74, 6) is 1.85. The first kappa shape index (κ1) is 16.1. The second kappa shape index (κ2) is 8.28. The molecule has 3 N–H and O–H groups in total. The molecule has 0 saturated heterocycles. The van der Waals surface area contributed by atoms with Crippen LogP contribution in [0.3, 0.4) is 0 Å². The molecule has 4 heteroatoms. The number of nitrogens with two attached hydrogens (primary N) is 1. The number of rotatable bonds is 8. The van der Waals surface area contributed by atoms with Crippen LogP contribution >= 0.6 is 11.6 Å². The van der Waals surface area contributed by atoms with Crippen molar-refractivity contribution in [2.24, 2.45) is 17.6 Å². The molecule has 1 rings (SSSR count). The Morgan fingerprint density at radius 2 is 2.11 bits per heavy atom. The Kier molecular flexibility index (Phi) is 7.03. The van der Waals surface area contributed by atoms with E-state index < -0.39 is 0 Å². The molecule has 1 aromatic rings. The maximum Gasteiger partial charge on any atom is 0.142 e. The Morgan fingerprint density at radius 1 is 1.37 bits per heavy atom. The monoisotopic (exact) mass is 284 g/mol. The van der Waals surface area contributed by atoms with Crippen LogP contribution in [0.4, 0.5) is 5.69 Å². The van der Waals surface area contributed by atoms with Crippen LogP contribution in [0.1, 0.15) is 27.2 Å². The Bertz CT molecular complexity index is 382. The lowest BCUT2D eigenvalue weighted by Crippen LogP contribution is -2.27. The average Bonchev–Trinajstić information content (AvgIpc) is 2.38. The first-order chi connectivity index (χ1) is 9.08.